The van der Waals surface area contributed by atoms with Crippen LogP contribution in [0.5, 0.6) is 0 Å². The van der Waals surface area contributed by atoms with E-state index < -0.39 is 0 Å². The van der Waals surface area contributed by atoms with Gasteiger partial charge in [0.05, 0.1) is 5.56 Å². The summed E-state index contributed by atoms with van der Waals surface area (Å²) in [6, 6.07) is 26.6. The zero-order chi connectivity index (χ0) is 16.4. The van der Waals surface area contributed by atoms with Crippen LogP contribution in [-0.2, 0) is 13.0 Å². The number of amides is 1. The topological polar surface area (TPSA) is 20.3 Å². The van der Waals surface area contributed by atoms with Gasteiger partial charge in [-0.2, -0.15) is 0 Å². The lowest BCUT2D eigenvalue weighted by Crippen LogP contribution is -2.37. The number of fused-ring (bicyclic) bond motifs is 1. The average molecular weight is 313 g/mol. The van der Waals surface area contributed by atoms with E-state index in [1.54, 1.807) is 0 Å². The molecule has 1 aliphatic rings. The van der Waals surface area contributed by atoms with E-state index in [4.69, 9.17) is 0 Å². The van der Waals surface area contributed by atoms with Gasteiger partial charge in [0, 0.05) is 13.1 Å². The third-order valence-corrected chi connectivity index (χ3v) is 4.60. The van der Waals surface area contributed by atoms with Gasteiger partial charge in [0.2, 0.25) is 0 Å². The lowest BCUT2D eigenvalue weighted by atomic mass is 9.90. The van der Waals surface area contributed by atoms with Crippen molar-refractivity contribution in [3.05, 3.63) is 95.6 Å². The highest BCUT2D eigenvalue weighted by Crippen LogP contribution is 2.30. The molecular formula is C22H19NO. The van der Waals surface area contributed by atoms with Crippen molar-refractivity contribution in [2.75, 3.05) is 6.54 Å². The Morgan fingerprint density at radius 1 is 0.792 bits per heavy atom. The van der Waals surface area contributed by atoms with Crippen LogP contribution in [0.1, 0.15) is 21.5 Å². The summed E-state index contributed by atoms with van der Waals surface area (Å²) in [5.41, 5.74) is 5.34. The molecule has 24 heavy (non-hydrogen) atoms. The monoisotopic (exact) mass is 313 g/mol. The van der Waals surface area contributed by atoms with Crippen molar-refractivity contribution in [3.63, 3.8) is 0 Å². The zero-order valence-corrected chi connectivity index (χ0v) is 13.5. The molecule has 2 nitrogen and oxygen atoms in total. The molecule has 1 amide bonds. The van der Waals surface area contributed by atoms with Crippen molar-refractivity contribution in [1.82, 2.24) is 4.90 Å². The van der Waals surface area contributed by atoms with Crippen LogP contribution in [0.4, 0.5) is 0 Å². The molecule has 0 aliphatic carbocycles. The molecule has 118 valence electrons. The normalized spacial score (nSPS) is 13.7. The van der Waals surface area contributed by atoms with E-state index in [2.05, 4.69) is 42.5 Å². The predicted molar refractivity (Wildman–Crippen MR) is 96.8 cm³/mol. The first-order chi connectivity index (χ1) is 11.8. The first kappa shape index (κ1) is 14.7. The van der Waals surface area contributed by atoms with Gasteiger partial charge >= 0.3 is 0 Å². The molecule has 0 bridgehead atoms. The molecule has 3 aromatic rings. The number of benzene rings is 3. The summed E-state index contributed by atoms with van der Waals surface area (Å²) in [4.78, 5) is 15.1. The second-order valence-corrected chi connectivity index (χ2v) is 6.17. The van der Waals surface area contributed by atoms with E-state index in [-0.39, 0.29) is 5.91 Å². The van der Waals surface area contributed by atoms with E-state index in [0.717, 1.165) is 35.2 Å². The van der Waals surface area contributed by atoms with Crippen molar-refractivity contribution in [1.29, 1.82) is 0 Å². The van der Waals surface area contributed by atoms with E-state index in [1.165, 1.54) is 5.56 Å². The summed E-state index contributed by atoms with van der Waals surface area (Å²) in [6.45, 7) is 1.45. The maximum absolute atomic E-state index is 13.1. The van der Waals surface area contributed by atoms with Gasteiger partial charge in [-0.05, 0) is 28.7 Å². The fraction of sp³-hybridized carbons (Fsp3) is 0.136. The third kappa shape index (κ3) is 2.71. The molecule has 1 heterocycles. The molecular weight excluding hydrogens is 294 g/mol. The molecule has 4 rings (SSSR count). The molecule has 0 spiro atoms. The molecule has 2 heteroatoms. The van der Waals surface area contributed by atoms with Crippen LogP contribution >= 0.6 is 0 Å². The summed E-state index contributed by atoms with van der Waals surface area (Å²) in [6.07, 6.45) is 0.911. The third-order valence-electron chi connectivity index (χ3n) is 4.60. The van der Waals surface area contributed by atoms with Crippen molar-refractivity contribution in [2.24, 2.45) is 0 Å². The predicted octanol–water partition coefficient (Wildman–Crippen LogP) is 4.55. The Kier molecular flexibility index (Phi) is 3.87. The summed E-state index contributed by atoms with van der Waals surface area (Å²) in [5.74, 6) is 0.138. The molecule has 0 N–H and O–H groups in total. The van der Waals surface area contributed by atoms with Gasteiger partial charge in [-0.25, -0.2) is 0 Å². The Morgan fingerprint density at radius 2 is 1.50 bits per heavy atom. The van der Waals surface area contributed by atoms with Crippen LogP contribution in [0.3, 0.4) is 0 Å². The zero-order valence-electron chi connectivity index (χ0n) is 13.5. The molecule has 0 unspecified atom stereocenters. The number of carbonyl (C=O) groups is 1. The van der Waals surface area contributed by atoms with Crippen LogP contribution < -0.4 is 0 Å². The largest absolute Gasteiger partial charge is 0.334 e. The highest BCUT2D eigenvalue weighted by molar-refractivity contribution is 6.03. The molecule has 0 aromatic heterocycles. The van der Waals surface area contributed by atoms with Gasteiger partial charge in [-0.3, -0.25) is 4.79 Å². The Labute approximate surface area is 142 Å². The first-order valence-corrected chi connectivity index (χ1v) is 8.33. The quantitative estimate of drug-likeness (QED) is 0.694. The van der Waals surface area contributed by atoms with Crippen LogP contribution in [0, 0.1) is 0 Å². The van der Waals surface area contributed by atoms with Gasteiger partial charge in [0.15, 0.2) is 0 Å². The van der Waals surface area contributed by atoms with Crippen LogP contribution in [-0.4, -0.2) is 17.4 Å². The Hall–Kier alpha value is -2.87. The number of hydrogen-bond donors (Lipinski definition) is 0. The van der Waals surface area contributed by atoms with E-state index in [1.807, 2.05) is 41.3 Å². The maximum Gasteiger partial charge on any atom is 0.255 e. The Balaban J connectivity index is 1.71. The highest BCUT2D eigenvalue weighted by atomic mass is 16.2. The minimum Gasteiger partial charge on any atom is -0.334 e. The standard InChI is InChI=1S/C22H19NO/c24-22-21-19(12-7-13-20(21)18-10-5-2-6-11-18)14-15-23(22)16-17-8-3-1-4-9-17/h1-13H,14-16H2. The number of hydrogen-bond acceptors (Lipinski definition) is 1. The maximum atomic E-state index is 13.1. The van der Waals surface area contributed by atoms with E-state index >= 15 is 0 Å². The fourth-order valence-electron chi connectivity index (χ4n) is 3.39. The molecule has 0 saturated carbocycles. The van der Waals surface area contributed by atoms with Gasteiger partial charge in [-0.1, -0.05) is 78.9 Å². The van der Waals surface area contributed by atoms with Crippen molar-refractivity contribution in [3.8, 4) is 11.1 Å². The lowest BCUT2D eigenvalue weighted by molar-refractivity contribution is 0.0728. The van der Waals surface area contributed by atoms with Crippen molar-refractivity contribution >= 4 is 5.91 Å². The molecule has 0 saturated heterocycles. The Bertz CT molecular complexity index is 856. The summed E-state index contributed by atoms with van der Waals surface area (Å²) in [7, 11) is 0. The summed E-state index contributed by atoms with van der Waals surface area (Å²) in [5, 5.41) is 0. The Morgan fingerprint density at radius 3 is 2.25 bits per heavy atom. The highest BCUT2D eigenvalue weighted by Gasteiger charge is 2.27. The van der Waals surface area contributed by atoms with Crippen molar-refractivity contribution in [2.45, 2.75) is 13.0 Å². The van der Waals surface area contributed by atoms with Gasteiger partial charge in [-0.15, -0.1) is 0 Å². The van der Waals surface area contributed by atoms with Crippen LogP contribution in [0.25, 0.3) is 11.1 Å². The molecule has 0 atom stereocenters. The second kappa shape index (κ2) is 6.32. The average Bonchev–Trinajstić information content (AvgIpc) is 2.65. The van der Waals surface area contributed by atoms with E-state index in [0.29, 0.717) is 6.54 Å². The number of carbonyl (C=O) groups excluding carboxylic acids is 1. The van der Waals surface area contributed by atoms with E-state index in [9.17, 15) is 4.79 Å². The van der Waals surface area contributed by atoms with Crippen LogP contribution in [0.15, 0.2) is 78.9 Å². The summed E-state index contributed by atoms with van der Waals surface area (Å²) < 4.78 is 0. The van der Waals surface area contributed by atoms with Crippen molar-refractivity contribution < 1.29 is 4.79 Å². The molecule has 0 radical (unpaired) electrons. The first-order valence-electron chi connectivity index (χ1n) is 8.33. The SMILES string of the molecule is O=C1c2c(cccc2-c2ccccc2)CCN1Cc1ccccc1. The minimum absolute atomic E-state index is 0.138. The smallest absolute Gasteiger partial charge is 0.255 e. The van der Waals surface area contributed by atoms with Gasteiger partial charge < -0.3 is 4.90 Å². The fourth-order valence-corrected chi connectivity index (χ4v) is 3.39. The van der Waals surface area contributed by atoms with Crippen LogP contribution in [0.2, 0.25) is 0 Å². The van der Waals surface area contributed by atoms with Gasteiger partial charge in [0.1, 0.15) is 0 Å². The minimum atomic E-state index is 0.138. The number of nitrogens with zero attached hydrogens (tertiary/aromatic N) is 1. The second-order valence-electron chi connectivity index (χ2n) is 6.17. The molecule has 1 aliphatic heterocycles. The lowest BCUT2D eigenvalue weighted by Gasteiger charge is -2.30. The summed E-state index contributed by atoms with van der Waals surface area (Å²) >= 11 is 0. The number of rotatable bonds is 3. The molecule has 0 fully saturated rings. The molecule has 3 aromatic carbocycles. The van der Waals surface area contributed by atoms with Gasteiger partial charge in [0.25, 0.3) is 5.91 Å².